The van der Waals surface area contributed by atoms with Crippen LogP contribution in [0.3, 0.4) is 0 Å². The Bertz CT molecular complexity index is 269. The lowest BCUT2D eigenvalue weighted by atomic mass is 9.95. The lowest BCUT2D eigenvalue weighted by Crippen LogP contribution is -2.48. The van der Waals surface area contributed by atoms with E-state index in [1.54, 1.807) is 0 Å². The van der Waals surface area contributed by atoms with Crippen LogP contribution in [0.5, 0.6) is 0 Å². The van der Waals surface area contributed by atoms with Crippen molar-refractivity contribution in [1.29, 1.82) is 0 Å². The molecule has 2 unspecified atom stereocenters. The van der Waals surface area contributed by atoms with Gasteiger partial charge in [0.2, 0.25) is 5.91 Å². The standard InChI is InChI=1S/C14H28N2OS/c1-5-14(2,3)16-13(17)10-15-11-7-6-8-12(9-11)18-4/h11-12,15H,5-10H2,1-4H3,(H,16,17). The van der Waals surface area contributed by atoms with E-state index in [2.05, 4.69) is 37.7 Å². The van der Waals surface area contributed by atoms with Gasteiger partial charge in [0.05, 0.1) is 6.54 Å². The second kappa shape index (κ2) is 7.39. The molecule has 0 saturated heterocycles. The average Bonchev–Trinajstić information content (AvgIpc) is 2.36. The number of amides is 1. The summed E-state index contributed by atoms with van der Waals surface area (Å²) in [6, 6.07) is 0.520. The van der Waals surface area contributed by atoms with Crippen LogP contribution in [-0.2, 0) is 4.79 Å². The van der Waals surface area contributed by atoms with Gasteiger partial charge in [0.15, 0.2) is 0 Å². The molecule has 0 aromatic rings. The second-order valence-electron chi connectivity index (χ2n) is 5.89. The highest BCUT2D eigenvalue weighted by Gasteiger charge is 2.22. The quantitative estimate of drug-likeness (QED) is 0.781. The Morgan fingerprint density at radius 1 is 1.39 bits per heavy atom. The summed E-state index contributed by atoms with van der Waals surface area (Å²) in [7, 11) is 0. The first-order valence-corrected chi connectivity index (χ1v) is 8.33. The number of carbonyl (C=O) groups excluding carboxylic acids is 1. The van der Waals surface area contributed by atoms with Crippen molar-refractivity contribution >= 4 is 17.7 Å². The molecule has 4 heteroatoms. The van der Waals surface area contributed by atoms with Gasteiger partial charge in [-0.3, -0.25) is 4.79 Å². The van der Waals surface area contributed by atoms with E-state index in [9.17, 15) is 4.79 Å². The van der Waals surface area contributed by atoms with Gasteiger partial charge in [-0.15, -0.1) is 0 Å². The molecule has 3 nitrogen and oxygen atoms in total. The normalized spacial score (nSPS) is 24.9. The van der Waals surface area contributed by atoms with Gasteiger partial charge >= 0.3 is 0 Å². The number of hydrogen-bond acceptors (Lipinski definition) is 3. The molecule has 18 heavy (non-hydrogen) atoms. The zero-order valence-corrected chi connectivity index (χ0v) is 13.0. The maximum absolute atomic E-state index is 11.8. The fraction of sp³-hybridized carbons (Fsp3) is 0.929. The first-order valence-electron chi connectivity index (χ1n) is 7.04. The molecule has 0 aromatic heterocycles. The first kappa shape index (κ1) is 15.8. The van der Waals surface area contributed by atoms with E-state index in [1.165, 1.54) is 25.7 Å². The van der Waals surface area contributed by atoms with Crippen molar-refractivity contribution in [2.75, 3.05) is 12.8 Å². The van der Waals surface area contributed by atoms with Gasteiger partial charge in [0, 0.05) is 16.8 Å². The van der Waals surface area contributed by atoms with E-state index in [1.807, 2.05) is 11.8 Å². The molecule has 0 aromatic carbocycles. The van der Waals surface area contributed by atoms with Crippen LogP contribution >= 0.6 is 11.8 Å². The van der Waals surface area contributed by atoms with Crippen molar-refractivity contribution in [3.8, 4) is 0 Å². The highest BCUT2D eigenvalue weighted by atomic mass is 32.2. The van der Waals surface area contributed by atoms with Crippen LogP contribution < -0.4 is 10.6 Å². The fourth-order valence-electron chi connectivity index (χ4n) is 2.29. The Morgan fingerprint density at radius 3 is 2.72 bits per heavy atom. The van der Waals surface area contributed by atoms with E-state index >= 15 is 0 Å². The molecule has 106 valence electrons. The Balaban J connectivity index is 2.26. The van der Waals surface area contributed by atoms with Crippen molar-refractivity contribution in [2.24, 2.45) is 0 Å². The summed E-state index contributed by atoms with van der Waals surface area (Å²) in [5.41, 5.74) is -0.0901. The van der Waals surface area contributed by atoms with Gasteiger partial charge in [0.25, 0.3) is 0 Å². The third-order valence-corrected chi connectivity index (χ3v) is 4.97. The lowest BCUT2D eigenvalue weighted by molar-refractivity contribution is -0.122. The van der Waals surface area contributed by atoms with Gasteiger partial charge in [0.1, 0.15) is 0 Å². The molecule has 0 heterocycles. The summed E-state index contributed by atoms with van der Waals surface area (Å²) in [4.78, 5) is 11.8. The molecule has 0 radical (unpaired) electrons. The van der Waals surface area contributed by atoms with Crippen LogP contribution in [0.4, 0.5) is 0 Å². The average molecular weight is 272 g/mol. The van der Waals surface area contributed by atoms with E-state index in [0.717, 1.165) is 11.7 Å². The van der Waals surface area contributed by atoms with Gasteiger partial charge in [-0.05, 0) is 45.8 Å². The fourth-order valence-corrected chi connectivity index (χ4v) is 3.12. The summed E-state index contributed by atoms with van der Waals surface area (Å²) in [5.74, 6) is 0.119. The van der Waals surface area contributed by atoms with Gasteiger partial charge in [-0.1, -0.05) is 13.3 Å². The topological polar surface area (TPSA) is 41.1 Å². The van der Waals surface area contributed by atoms with Crippen LogP contribution in [0.1, 0.15) is 52.9 Å². The van der Waals surface area contributed by atoms with Gasteiger partial charge in [-0.25, -0.2) is 0 Å². The summed E-state index contributed by atoms with van der Waals surface area (Å²) >= 11 is 1.96. The van der Waals surface area contributed by atoms with Gasteiger partial charge in [-0.2, -0.15) is 11.8 Å². The summed E-state index contributed by atoms with van der Waals surface area (Å²) in [6.45, 7) is 6.68. The van der Waals surface area contributed by atoms with Crippen molar-refractivity contribution < 1.29 is 4.79 Å². The second-order valence-corrected chi connectivity index (χ2v) is 7.03. The molecule has 1 amide bonds. The van der Waals surface area contributed by atoms with Gasteiger partial charge < -0.3 is 10.6 Å². The minimum absolute atomic E-state index is 0.0901. The molecule has 0 aliphatic heterocycles. The Kier molecular flexibility index (Phi) is 6.50. The maximum Gasteiger partial charge on any atom is 0.234 e. The summed E-state index contributed by atoms with van der Waals surface area (Å²) in [5, 5.41) is 7.24. The lowest BCUT2D eigenvalue weighted by Gasteiger charge is -2.29. The third-order valence-electron chi connectivity index (χ3n) is 3.87. The monoisotopic (exact) mass is 272 g/mol. The molecule has 2 atom stereocenters. The van der Waals surface area contributed by atoms with Crippen LogP contribution in [-0.4, -0.2) is 35.5 Å². The third kappa shape index (κ3) is 5.61. The summed E-state index contributed by atoms with van der Waals surface area (Å²) < 4.78 is 0. The summed E-state index contributed by atoms with van der Waals surface area (Å²) in [6.07, 6.45) is 8.16. The van der Waals surface area contributed by atoms with Crippen LogP contribution in [0.25, 0.3) is 0 Å². The molecule has 1 rings (SSSR count). The highest BCUT2D eigenvalue weighted by molar-refractivity contribution is 7.99. The van der Waals surface area contributed by atoms with E-state index in [-0.39, 0.29) is 11.4 Å². The molecular formula is C14H28N2OS. The minimum atomic E-state index is -0.0901. The van der Waals surface area contributed by atoms with Crippen molar-refractivity contribution in [3.63, 3.8) is 0 Å². The number of hydrogen-bond donors (Lipinski definition) is 2. The molecular weight excluding hydrogens is 244 g/mol. The SMILES string of the molecule is CCC(C)(C)NC(=O)CNC1CCCC(SC)C1. The highest BCUT2D eigenvalue weighted by Crippen LogP contribution is 2.26. The van der Waals surface area contributed by atoms with E-state index in [4.69, 9.17) is 0 Å². The van der Waals surface area contributed by atoms with Crippen molar-refractivity contribution in [3.05, 3.63) is 0 Å². The molecule has 1 fully saturated rings. The number of rotatable bonds is 6. The Hall–Kier alpha value is -0.220. The smallest absolute Gasteiger partial charge is 0.234 e. The zero-order chi connectivity index (χ0) is 13.6. The zero-order valence-electron chi connectivity index (χ0n) is 12.2. The maximum atomic E-state index is 11.8. The largest absolute Gasteiger partial charge is 0.350 e. The predicted octanol–water partition coefficient (Wildman–Crippen LogP) is 2.55. The molecule has 0 spiro atoms. The predicted molar refractivity (Wildman–Crippen MR) is 80.1 cm³/mol. The minimum Gasteiger partial charge on any atom is -0.350 e. The van der Waals surface area contributed by atoms with E-state index < -0.39 is 0 Å². The van der Waals surface area contributed by atoms with Crippen LogP contribution in [0.15, 0.2) is 0 Å². The van der Waals surface area contributed by atoms with Crippen molar-refractivity contribution in [1.82, 2.24) is 10.6 Å². The first-order chi connectivity index (χ1) is 8.46. The Morgan fingerprint density at radius 2 is 2.11 bits per heavy atom. The molecule has 0 bridgehead atoms. The van der Waals surface area contributed by atoms with E-state index in [0.29, 0.717) is 12.6 Å². The number of nitrogens with one attached hydrogen (secondary N) is 2. The number of thioether (sulfide) groups is 1. The molecule has 1 saturated carbocycles. The Labute approximate surface area is 116 Å². The molecule has 1 aliphatic carbocycles. The molecule has 1 aliphatic rings. The number of carbonyl (C=O) groups is 1. The van der Waals surface area contributed by atoms with Crippen molar-refractivity contribution in [2.45, 2.75) is 69.7 Å². The van der Waals surface area contributed by atoms with Crippen LogP contribution in [0, 0.1) is 0 Å². The molecule has 2 N–H and O–H groups in total. The van der Waals surface area contributed by atoms with Crippen LogP contribution in [0.2, 0.25) is 0 Å².